The van der Waals surface area contributed by atoms with Gasteiger partial charge in [0.2, 0.25) is 0 Å². The molecule has 0 aromatic heterocycles. The van der Waals surface area contributed by atoms with Crippen molar-refractivity contribution in [3.63, 3.8) is 0 Å². The smallest absolute Gasteiger partial charge is 0.410 e. The number of amides is 2. The summed E-state index contributed by atoms with van der Waals surface area (Å²) in [4.78, 5) is 28.3. The summed E-state index contributed by atoms with van der Waals surface area (Å²) in [5.74, 6) is 0. The zero-order valence-electron chi connectivity index (χ0n) is 15.9. The average molecular weight is 360 g/mol. The van der Waals surface area contributed by atoms with Crippen LogP contribution in [0.4, 0.5) is 9.59 Å². The fourth-order valence-corrected chi connectivity index (χ4v) is 3.58. The Morgan fingerprint density at radius 2 is 1.62 bits per heavy atom. The Hall–Kier alpha value is -2.24. The van der Waals surface area contributed by atoms with Crippen LogP contribution in [0.25, 0.3) is 0 Å². The summed E-state index contributed by atoms with van der Waals surface area (Å²) in [6.07, 6.45) is 1.98. The fourth-order valence-electron chi connectivity index (χ4n) is 3.58. The SMILES string of the molecule is CC(C)(C)OC(=O)N1CCC12CCN(C(=O)OCc1ccccc1)CC2. The highest BCUT2D eigenvalue weighted by molar-refractivity contribution is 5.71. The summed E-state index contributed by atoms with van der Waals surface area (Å²) in [5, 5.41) is 0. The molecule has 2 heterocycles. The van der Waals surface area contributed by atoms with Crippen LogP contribution in [0.15, 0.2) is 30.3 Å². The molecule has 6 heteroatoms. The third-order valence-electron chi connectivity index (χ3n) is 5.14. The second-order valence-corrected chi connectivity index (χ2v) is 8.13. The van der Waals surface area contributed by atoms with E-state index in [1.807, 2.05) is 56.0 Å². The van der Waals surface area contributed by atoms with Gasteiger partial charge >= 0.3 is 12.2 Å². The molecular formula is C20H28N2O4. The maximum atomic E-state index is 12.4. The van der Waals surface area contributed by atoms with E-state index in [0.29, 0.717) is 13.1 Å². The van der Waals surface area contributed by atoms with E-state index in [2.05, 4.69) is 0 Å². The highest BCUT2D eigenvalue weighted by Crippen LogP contribution is 2.40. The average Bonchev–Trinajstić information content (AvgIpc) is 2.58. The first-order valence-corrected chi connectivity index (χ1v) is 9.25. The largest absolute Gasteiger partial charge is 0.445 e. The second-order valence-electron chi connectivity index (χ2n) is 8.13. The number of carbonyl (C=O) groups is 2. The number of piperidine rings is 1. The van der Waals surface area contributed by atoms with Crippen molar-refractivity contribution in [3.8, 4) is 0 Å². The van der Waals surface area contributed by atoms with Gasteiger partial charge in [0.15, 0.2) is 0 Å². The highest BCUT2D eigenvalue weighted by atomic mass is 16.6. The van der Waals surface area contributed by atoms with E-state index in [1.165, 1.54) is 0 Å². The van der Waals surface area contributed by atoms with Gasteiger partial charge in [-0.3, -0.25) is 0 Å². The van der Waals surface area contributed by atoms with E-state index in [0.717, 1.165) is 31.4 Å². The molecule has 2 aliphatic heterocycles. The van der Waals surface area contributed by atoms with Crippen LogP contribution in [0.2, 0.25) is 0 Å². The predicted octanol–water partition coefficient (Wildman–Crippen LogP) is 3.80. The summed E-state index contributed by atoms with van der Waals surface area (Å²) in [5.41, 5.74) is 0.332. The molecule has 6 nitrogen and oxygen atoms in total. The monoisotopic (exact) mass is 360 g/mol. The predicted molar refractivity (Wildman–Crippen MR) is 97.7 cm³/mol. The lowest BCUT2D eigenvalue weighted by Crippen LogP contribution is -2.66. The van der Waals surface area contributed by atoms with E-state index < -0.39 is 5.60 Å². The second kappa shape index (κ2) is 7.17. The summed E-state index contributed by atoms with van der Waals surface area (Å²) in [6, 6.07) is 9.66. The van der Waals surface area contributed by atoms with Crippen LogP contribution in [-0.4, -0.2) is 52.8 Å². The van der Waals surface area contributed by atoms with E-state index in [1.54, 1.807) is 4.90 Å². The molecule has 0 saturated carbocycles. The summed E-state index contributed by atoms with van der Waals surface area (Å²) in [7, 11) is 0. The van der Waals surface area contributed by atoms with Crippen LogP contribution >= 0.6 is 0 Å². The van der Waals surface area contributed by atoms with E-state index in [9.17, 15) is 9.59 Å². The van der Waals surface area contributed by atoms with Gasteiger partial charge in [-0.2, -0.15) is 0 Å². The Bertz CT molecular complexity index is 646. The van der Waals surface area contributed by atoms with Crippen molar-refractivity contribution in [3.05, 3.63) is 35.9 Å². The topological polar surface area (TPSA) is 59.1 Å². The number of hydrogen-bond acceptors (Lipinski definition) is 4. The zero-order chi connectivity index (χ0) is 18.8. The number of ether oxygens (including phenoxy) is 2. The van der Waals surface area contributed by atoms with Crippen LogP contribution in [0.3, 0.4) is 0 Å². The zero-order valence-corrected chi connectivity index (χ0v) is 15.9. The maximum absolute atomic E-state index is 12.4. The van der Waals surface area contributed by atoms with Crippen molar-refractivity contribution in [2.24, 2.45) is 0 Å². The Balaban J connectivity index is 1.49. The highest BCUT2D eigenvalue weighted by Gasteiger charge is 2.50. The van der Waals surface area contributed by atoms with E-state index in [-0.39, 0.29) is 24.3 Å². The molecule has 0 N–H and O–H groups in total. The molecule has 2 aliphatic rings. The van der Waals surface area contributed by atoms with Gasteiger partial charge in [0.25, 0.3) is 0 Å². The van der Waals surface area contributed by atoms with Crippen LogP contribution in [-0.2, 0) is 16.1 Å². The molecule has 0 radical (unpaired) electrons. The Kier molecular flexibility index (Phi) is 5.12. The van der Waals surface area contributed by atoms with Crippen molar-refractivity contribution >= 4 is 12.2 Å². The third kappa shape index (κ3) is 4.11. The molecule has 2 fully saturated rings. The molecule has 1 aromatic carbocycles. The third-order valence-corrected chi connectivity index (χ3v) is 5.14. The fraction of sp³-hybridized carbons (Fsp3) is 0.600. The number of likely N-dealkylation sites (tertiary alicyclic amines) is 2. The normalized spacial score (nSPS) is 19.0. The lowest BCUT2D eigenvalue weighted by atomic mass is 9.77. The van der Waals surface area contributed by atoms with Gasteiger partial charge in [0, 0.05) is 19.6 Å². The van der Waals surface area contributed by atoms with Gasteiger partial charge in [0.1, 0.15) is 12.2 Å². The van der Waals surface area contributed by atoms with Crippen molar-refractivity contribution in [1.29, 1.82) is 0 Å². The standard InChI is InChI=1S/C20H28N2O4/c1-19(2,3)26-18(24)22-14-11-20(22)9-12-21(13-10-20)17(23)25-15-16-7-5-4-6-8-16/h4-8H,9-15H2,1-3H3. The molecule has 1 aromatic rings. The van der Waals surface area contributed by atoms with Gasteiger partial charge in [0.05, 0.1) is 5.54 Å². The molecule has 2 saturated heterocycles. The van der Waals surface area contributed by atoms with Gasteiger partial charge in [-0.15, -0.1) is 0 Å². The molecule has 2 amide bonds. The van der Waals surface area contributed by atoms with Crippen LogP contribution < -0.4 is 0 Å². The molecule has 26 heavy (non-hydrogen) atoms. The van der Waals surface area contributed by atoms with Crippen LogP contribution in [0.5, 0.6) is 0 Å². The lowest BCUT2D eigenvalue weighted by molar-refractivity contribution is -0.0677. The molecule has 1 spiro atoms. The minimum atomic E-state index is -0.490. The van der Waals surface area contributed by atoms with Gasteiger partial charge in [-0.05, 0) is 45.6 Å². The van der Waals surface area contributed by atoms with Gasteiger partial charge < -0.3 is 19.3 Å². The summed E-state index contributed by atoms with van der Waals surface area (Å²) >= 11 is 0. The summed E-state index contributed by atoms with van der Waals surface area (Å²) in [6.45, 7) is 7.85. The van der Waals surface area contributed by atoms with Crippen LogP contribution in [0.1, 0.15) is 45.6 Å². The molecule has 0 atom stereocenters. The number of rotatable bonds is 2. The van der Waals surface area contributed by atoms with Crippen molar-refractivity contribution in [2.75, 3.05) is 19.6 Å². The number of hydrogen-bond donors (Lipinski definition) is 0. The van der Waals surface area contributed by atoms with E-state index >= 15 is 0 Å². The molecule has 0 aliphatic carbocycles. The van der Waals surface area contributed by atoms with Crippen LogP contribution in [0, 0.1) is 0 Å². The lowest BCUT2D eigenvalue weighted by Gasteiger charge is -2.55. The van der Waals surface area contributed by atoms with Crippen molar-refractivity contribution in [1.82, 2.24) is 9.80 Å². The first kappa shape index (κ1) is 18.5. The minimum Gasteiger partial charge on any atom is -0.445 e. The van der Waals surface area contributed by atoms with Crippen molar-refractivity contribution < 1.29 is 19.1 Å². The Labute approximate surface area is 155 Å². The molecular weight excluding hydrogens is 332 g/mol. The number of nitrogens with zero attached hydrogens (tertiary/aromatic N) is 2. The number of benzene rings is 1. The number of carbonyl (C=O) groups excluding carboxylic acids is 2. The van der Waals surface area contributed by atoms with E-state index in [4.69, 9.17) is 9.47 Å². The van der Waals surface area contributed by atoms with Gasteiger partial charge in [-0.25, -0.2) is 9.59 Å². The first-order valence-electron chi connectivity index (χ1n) is 9.25. The Morgan fingerprint density at radius 3 is 2.15 bits per heavy atom. The van der Waals surface area contributed by atoms with Crippen molar-refractivity contribution in [2.45, 2.75) is 57.8 Å². The molecule has 0 unspecified atom stereocenters. The maximum Gasteiger partial charge on any atom is 0.410 e. The Morgan fingerprint density at radius 1 is 1.00 bits per heavy atom. The van der Waals surface area contributed by atoms with Gasteiger partial charge in [-0.1, -0.05) is 30.3 Å². The summed E-state index contributed by atoms with van der Waals surface area (Å²) < 4.78 is 10.9. The molecule has 0 bridgehead atoms. The minimum absolute atomic E-state index is 0.154. The molecule has 142 valence electrons. The quantitative estimate of drug-likeness (QED) is 0.805. The molecule has 3 rings (SSSR count). The first-order chi connectivity index (χ1) is 12.3.